The van der Waals surface area contributed by atoms with Gasteiger partial charge in [0.15, 0.2) is 0 Å². The van der Waals surface area contributed by atoms with Gasteiger partial charge in [0.1, 0.15) is 5.75 Å². The standard InChI is InChI=1S/C19H14F3N3O2/c20-19(21,22)27-14-8-5-12(6-9-14)18-25-24-17(26-18)10-7-13-11-23-16-4-2-1-3-15(13)16/h1-6,8-9,11,23H,7,10H2. The highest BCUT2D eigenvalue weighted by atomic mass is 19.4. The fraction of sp³-hybridized carbons (Fsp3) is 0.158. The van der Waals surface area contributed by atoms with Crippen LogP contribution in [0.25, 0.3) is 22.4 Å². The molecule has 2 heterocycles. The Morgan fingerprint density at radius 3 is 2.52 bits per heavy atom. The molecule has 1 N–H and O–H groups in total. The van der Waals surface area contributed by atoms with Crippen molar-refractivity contribution in [2.24, 2.45) is 0 Å². The first-order chi connectivity index (χ1) is 13.0. The lowest BCUT2D eigenvalue weighted by molar-refractivity contribution is -0.274. The summed E-state index contributed by atoms with van der Waals surface area (Å²) in [7, 11) is 0. The summed E-state index contributed by atoms with van der Waals surface area (Å²) in [6.07, 6.45) is -1.48. The minimum atomic E-state index is -4.72. The molecule has 0 aliphatic carbocycles. The third kappa shape index (κ3) is 3.94. The average Bonchev–Trinajstić information content (AvgIpc) is 3.26. The number of hydrogen-bond acceptors (Lipinski definition) is 4. The van der Waals surface area contributed by atoms with Gasteiger partial charge in [0.2, 0.25) is 11.8 Å². The molecule has 0 unspecified atom stereocenters. The van der Waals surface area contributed by atoms with Crippen LogP contribution in [0, 0.1) is 0 Å². The molecule has 4 rings (SSSR count). The van der Waals surface area contributed by atoms with E-state index in [0.717, 1.165) is 22.9 Å². The van der Waals surface area contributed by atoms with Crippen molar-refractivity contribution in [3.8, 4) is 17.2 Å². The van der Waals surface area contributed by atoms with E-state index in [1.165, 1.54) is 24.3 Å². The number of para-hydroxylation sites is 1. The van der Waals surface area contributed by atoms with E-state index in [1.54, 1.807) is 0 Å². The monoisotopic (exact) mass is 373 g/mol. The highest BCUT2D eigenvalue weighted by molar-refractivity contribution is 5.83. The Labute approximate surface area is 151 Å². The van der Waals surface area contributed by atoms with Crippen molar-refractivity contribution in [3.05, 3.63) is 66.2 Å². The van der Waals surface area contributed by atoms with Crippen LogP contribution in [0.15, 0.2) is 59.1 Å². The lowest BCUT2D eigenvalue weighted by atomic mass is 10.1. The molecule has 0 atom stereocenters. The molecule has 2 aromatic heterocycles. The first-order valence-corrected chi connectivity index (χ1v) is 8.21. The van der Waals surface area contributed by atoms with E-state index < -0.39 is 6.36 Å². The summed E-state index contributed by atoms with van der Waals surface area (Å²) < 4.78 is 46.1. The van der Waals surface area contributed by atoms with Crippen LogP contribution in [-0.2, 0) is 12.8 Å². The van der Waals surface area contributed by atoms with Crippen molar-refractivity contribution < 1.29 is 22.3 Å². The fourth-order valence-corrected chi connectivity index (χ4v) is 2.85. The molecule has 0 bridgehead atoms. The van der Waals surface area contributed by atoms with E-state index in [9.17, 15) is 13.2 Å². The topological polar surface area (TPSA) is 63.9 Å². The first kappa shape index (κ1) is 17.1. The van der Waals surface area contributed by atoms with Gasteiger partial charge >= 0.3 is 6.36 Å². The van der Waals surface area contributed by atoms with Gasteiger partial charge in [-0.15, -0.1) is 23.4 Å². The molecule has 0 spiro atoms. The molecular formula is C19H14F3N3O2. The molecule has 8 heteroatoms. The van der Waals surface area contributed by atoms with Gasteiger partial charge in [-0.1, -0.05) is 18.2 Å². The fourth-order valence-electron chi connectivity index (χ4n) is 2.85. The van der Waals surface area contributed by atoms with Gasteiger partial charge < -0.3 is 14.1 Å². The van der Waals surface area contributed by atoms with E-state index >= 15 is 0 Å². The Morgan fingerprint density at radius 2 is 1.74 bits per heavy atom. The maximum absolute atomic E-state index is 12.2. The van der Waals surface area contributed by atoms with Gasteiger partial charge in [0.25, 0.3) is 0 Å². The van der Waals surface area contributed by atoms with E-state index in [-0.39, 0.29) is 11.6 Å². The maximum Gasteiger partial charge on any atom is 0.573 e. The van der Waals surface area contributed by atoms with Gasteiger partial charge in [0, 0.05) is 29.1 Å². The molecule has 27 heavy (non-hydrogen) atoms. The Bertz CT molecular complexity index is 1050. The number of aryl methyl sites for hydroxylation is 2. The number of alkyl halides is 3. The number of rotatable bonds is 5. The summed E-state index contributed by atoms with van der Waals surface area (Å²) in [5.41, 5.74) is 2.74. The number of nitrogens with zero attached hydrogens (tertiary/aromatic N) is 2. The predicted molar refractivity (Wildman–Crippen MR) is 92.1 cm³/mol. The number of nitrogens with one attached hydrogen (secondary N) is 1. The molecule has 0 saturated carbocycles. The SMILES string of the molecule is FC(F)(F)Oc1ccc(-c2nnc(CCc3c[nH]c4ccccc34)o2)cc1. The number of hydrogen-bond donors (Lipinski definition) is 1. The summed E-state index contributed by atoms with van der Waals surface area (Å²) in [5, 5.41) is 9.13. The summed E-state index contributed by atoms with van der Waals surface area (Å²) in [5.74, 6) is 0.415. The molecule has 138 valence electrons. The van der Waals surface area contributed by atoms with Gasteiger partial charge in [-0.2, -0.15) is 0 Å². The van der Waals surface area contributed by atoms with Crippen LogP contribution in [-0.4, -0.2) is 21.5 Å². The van der Waals surface area contributed by atoms with Crippen LogP contribution in [0.2, 0.25) is 0 Å². The van der Waals surface area contributed by atoms with E-state index in [1.807, 2.05) is 30.5 Å². The zero-order valence-electron chi connectivity index (χ0n) is 14.0. The second-order valence-corrected chi connectivity index (χ2v) is 5.93. The zero-order chi connectivity index (χ0) is 18.9. The molecule has 0 aliphatic heterocycles. The third-order valence-corrected chi connectivity index (χ3v) is 4.08. The summed E-state index contributed by atoms with van der Waals surface area (Å²) >= 11 is 0. The number of fused-ring (bicyclic) bond motifs is 1. The number of ether oxygens (including phenoxy) is 1. The molecule has 0 amide bonds. The van der Waals surface area contributed by atoms with E-state index in [4.69, 9.17) is 4.42 Å². The van der Waals surface area contributed by atoms with Gasteiger partial charge in [0.05, 0.1) is 0 Å². The second kappa shape index (κ2) is 6.79. The Balaban J connectivity index is 1.44. The van der Waals surface area contributed by atoms with Crippen LogP contribution in [0.1, 0.15) is 11.5 Å². The predicted octanol–water partition coefficient (Wildman–Crippen LogP) is 4.90. The van der Waals surface area contributed by atoms with Gasteiger partial charge in [-0.25, -0.2) is 0 Å². The van der Waals surface area contributed by atoms with Crippen LogP contribution in [0.3, 0.4) is 0 Å². The zero-order valence-corrected chi connectivity index (χ0v) is 14.0. The largest absolute Gasteiger partial charge is 0.573 e. The van der Waals surface area contributed by atoms with Crippen LogP contribution < -0.4 is 4.74 Å². The molecule has 5 nitrogen and oxygen atoms in total. The van der Waals surface area contributed by atoms with E-state index in [0.29, 0.717) is 17.9 Å². The third-order valence-electron chi connectivity index (χ3n) is 4.08. The Hall–Kier alpha value is -3.29. The Kier molecular flexibility index (Phi) is 4.31. The molecule has 0 fully saturated rings. The van der Waals surface area contributed by atoms with Crippen LogP contribution >= 0.6 is 0 Å². The lowest BCUT2D eigenvalue weighted by Gasteiger charge is -2.08. The highest BCUT2D eigenvalue weighted by Crippen LogP contribution is 2.26. The molecular weight excluding hydrogens is 359 g/mol. The van der Waals surface area contributed by atoms with Crippen LogP contribution in [0.5, 0.6) is 5.75 Å². The number of aromatic nitrogens is 3. The van der Waals surface area contributed by atoms with Crippen molar-refractivity contribution in [2.75, 3.05) is 0 Å². The van der Waals surface area contributed by atoms with Crippen molar-refractivity contribution in [3.63, 3.8) is 0 Å². The quantitative estimate of drug-likeness (QED) is 0.540. The van der Waals surface area contributed by atoms with Gasteiger partial charge in [-0.05, 0) is 42.3 Å². The number of H-pyrrole nitrogens is 1. The van der Waals surface area contributed by atoms with Crippen molar-refractivity contribution in [1.29, 1.82) is 0 Å². The normalized spacial score (nSPS) is 11.8. The van der Waals surface area contributed by atoms with Crippen molar-refractivity contribution in [1.82, 2.24) is 15.2 Å². The maximum atomic E-state index is 12.2. The second-order valence-electron chi connectivity index (χ2n) is 5.93. The Morgan fingerprint density at radius 1 is 0.963 bits per heavy atom. The number of aromatic amines is 1. The number of halogens is 3. The summed E-state index contributed by atoms with van der Waals surface area (Å²) in [4.78, 5) is 3.22. The lowest BCUT2D eigenvalue weighted by Crippen LogP contribution is -2.16. The summed E-state index contributed by atoms with van der Waals surface area (Å²) in [6, 6.07) is 13.3. The smallest absolute Gasteiger partial charge is 0.421 e. The first-order valence-electron chi connectivity index (χ1n) is 8.21. The average molecular weight is 373 g/mol. The molecule has 0 radical (unpaired) electrons. The molecule has 2 aromatic carbocycles. The summed E-state index contributed by atoms with van der Waals surface area (Å²) in [6.45, 7) is 0. The van der Waals surface area contributed by atoms with Crippen LogP contribution in [0.4, 0.5) is 13.2 Å². The van der Waals surface area contributed by atoms with Crippen molar-refractivity contribution >= 4 is 10.9 Å². The minimum Gasteiger partial charge on any atom is -0.421 e. The molecule has 4 aromatic rings. The molecule has 0 aliphatic rings. The molecule has 0 saturated heterocycles. The number of benzene rings is 2. The van der Waals surface area contributed by atoms with Gasteiger partial charge in [-0.3, -0.25) is 0 Å². The van der Waals surface area contributed by atoms with E-state index in [2.05, 4.69) is 19.9 Å². The minimum absolute atomic E-state index is 0.252. The highest BCUT2D eigenvalue weighted by Gasteiger charge is 2.31. The van der Waals surface area contributed by atoms with Crippen molar-refractivity contribution in [2.45, 2.75) is 19.2 Å².